The van der Waals surface area contributed by atoms with Gasteiger partial charge >= 0.3 is 0 Å². The number of H-pyrrole nitrogens is 1. The molecule has 0 aliphatic carbocycles. The van der Waals surface area contributed by atoms with Crippen LogP contribution >= 0.6 is 0 Å². The number of alkyl halides is 1. The Bertz CT molecular complexity index is 1040. The summed E-state index contributed by atoms with van der Waals surface area (Å²) in [5, 5.41) is 29.3. The van der Waals surface area contributed by atoms with E-state index >= 15 is 4.39 Å². The number of aromatic amines is 1. The number of hydrogen-bond donors (Lipinski definition) is 3. The predicted octanol–water partition coefficient (Wildman–Crippen LogP) is 5.70. The Hall–Kier alpha value is -3.00. The van der Waals surface area contributed by atoms with Gasteiger partial charge in [0.2, 0.25) is 0 Å². The molecule has 7 nitrogen and oxygen atoms in total. The van der Waals surface area contributed by atoms with Gasteiger partial charge in [0.25, 0.3) is 0 Å². The van der Waals surface area contributed by atoms with Crippen molar-refractivity contribution in [1.29, 1.82) is 0 Å². The topological polar surface area (TPSA) is 88.9 Å². The number of halogens is 1. The SMILES string of the molecule is C=C/C(=N\N=C(/C)N(C)C1CC(C)(C)NC(C)(C)C1F)c1ccc(-c2cn[nH]c2)cc1O.CCC. The number of phenolic OH excluding ortho intramolecular Hbond substituents is 1. The first-order valence-corrected chi connectivity index (χ1v) is 12.1. The van der Waals surface area contributed by atoms with Crippen molar-refractivity contribution < 1.29 is 9.50 Å². The molecule has 1 fully saturated rings. The lowest BCUT2D eigenvalue weighted by molar-refractivity contribution is 0.0176. The molecule has 1 aliphatic heterocycles. The van der Waals surface area contributed by atoms with E-state index in [0.29, 0.717) is 23.5 Å². The zero-order valence-corrected chi connectivity index (χ0v) is 22.4. The first kappa shape index (κ1) is 28.2. The van der Waals surface area contributed by atoms with Crippen LogP contribution in [0, 0.1) is 0 Å². The lowest BCUT2D eigenvalue weighted by atomic mass is 9.77. The molecule has 0 spiro atoms. The van der Waals surface area contributed by atoms with Gasteiger partial charge < -0.3 is 15.3 Å². The molecule has 0 radical (unpaired) electrons. The zero-order chi connectivity index (χ0) is 26.4. The number of aromatic hydroxyl groups is 1. The largest absolute Gasteiger partial charge is 0.507 e. The fourth-order valence-electron chi connectivity index (χ4n) is 4.41. The highest BCUT2D eigenvalue weighted by molar-refractivity contribution is 6.10. The number of phenols is 1. The van der Waals surface area contributed by atoms with Crippen LogP contribution < -0.4 is 5.32 Å². The molecule has 1 aromatic carbocycles. The summed E-state index contributed by atoms with van der Waals surface area (Å²) in [4.78, 5) is 1.85. The minimum atomic E-state index is -1.08. The van der Waals surface area contributed by atoms with Crippen molar-refractivity contribution in [3.63, 3.8) is 0 Å². The monoisotopic (exact) mass is 484 g/mol. The maximum absolute atomic E-state index is 15.3. The first-order valence-electron chi connectivity index (χ1n) is 12.1. The van der Waals surface area contributed by atoms with Crippen LogP contribution in [-0.4, -0.2) is 62.1 Å². The Balaban J connectivity index is 0.00000137. The van der Waals surface area contributed by atoms with Gasteiger partial charge in [-0.15, -0.1) is 10.2 Å². The number of amidine groups is 1. The fourth-order valence-corrected chi connectivity index (χ4v) is 4.41. The molecule has 0 saturated carbocycles. The van der Waals surface area contributed by atoms with Gasteiger partial charge in [0, 0.05) is 35.4 Å². The maximum atomic E-state index is 15.3. The molecule has 1 saturated heterocycles. The van der Waals surface area contributed by atoms with Crippen molar-refractivity contribution in [3.8, 4) is 16.9 Å². The van der Waals surface area contributed by atoms with Gasteiger partial charge in [-0.3, -0.25) is 5.10 Å². The third kappa shape index (κ3) is 7.01. The number of rotatable bonds is 5. The minimum Gasteiger partial charge on any atom is -0.507 e. The molecule has 1 aromatic heterocycles. The standard InChI is InChI=1S/C24H33FN6O.C3H8/c1-8-19(18-10-9-16(11-21(18)32)17-13-26-27-14-17)29-28-15(2)31(7)20-12-23(3,4)30-24(5,6)22(20)25;1-3-2/h8-11,13-14,20,22,30,32H,1,12H2,2-7H3,(H,26,27);3H2,1-2H3/b28-15+,29-19+;. The number of piperidine rings is 1. The highest BCUT2D eigenvalue weighted by Gasteiger charge is 2.47. The molecule has 192 valence electrons. The lowest BCUT2D eigenvalue weighted by Gasteiger charge is -2.51. The highest BCUT2D eigenvalue weighted by Crippen LogP contribution is 2.34. The fraction of sp³-hybridized carbons (Fsp3) is 0.519. The van der Waals surface area contributed by atoms with Crippen LogP contribution in [-0.2, 0) is 0 Å². The van der Waals surface area contributed by atoms with Gasteiger partial charge in [0.05, 0.1) is 18.0 Å². The highest BCUT2D eigenvalue weighted by atomic mass is 19.1. The van der Waals surface area contributed by atoms with Crippen LogP contribution in [0.2, 0.25) is 0 Å². The Labute approximate surface area is 209 Å². The Morgan fingerprint density at radius 1 is 1.26 bits per heavy atom. The third-order valence-corrected chi connectivity index (χ3v) is 6.02. The molecule has 3 rings (SSSR count). The summed E-state index contributed by atoms with van der Waals surface area (Å²) in [6.45, 7) is 17.8. The van der Waals surface area contributed by atoms with Gasteiger partial charge in [-0.2, -0.15) is 5.10 Å². The zero-order valence-electron chi connectivity index (χ0n) is 22.4. The predicted molar refractivity (Wildman–Crippen MR) is 144 cm³/mol. The average molecular weight is 485 g/mol. The Kier molecular flexibility index (Phi) is 9.38. The van der Waals surface area contributed by atoms with E-state index in [1.54, 1.807) is 31.5 Å². The van der Waals surface area contributed by atoms with E-state index in [1.165, 1.54) is 12.5 Å². The molecule has 8 heteroatoms. The molecule has 2 atom stereocenters. The summed E-state index contributed by atoms with van der Waals surface area (Å²) in [7, 11) is 1.84. The Morgan fingerprint density at radius 3 is 2.46 bits per heavy atom. The van der Waals surface area contributed by atoms with Crippen molar-refractivity contribution in [3.05, 3.63) is 48.8 Å². The van der Waals surface area contributed by atoms with Gasteiger partial charge in [-0.25, -0.2) is 4.39 Å². The van der Waals surface area contributed by atoms with Crippen LogP contribution in [0.4, 0.5) is 4.39 Å². The normalized spacial score (nSPS) is 21.6. The maximum Gasteiger partial charge on any atom is 0.138 e. The smallest absolute Gasteiger partial charge is 0.138 e. The van der Waals surface area contributed by atoms with Gasteiger partial charge in [-0.1, -0.05) is 32.9 Å². The van der Waals surface area contributed by atoms with Crippen LogP contribution in [0.3, 0.4) is 0 Å². The molecule has 2 aromatic rings. The van der Waals surface area contributed by atoms with E-state index in [0.717, 1.165) is 11.1 Å². The minimum absolute atomic E-state index is 0.0641. The summed E-state index contributed by atoms with van der Waals surface area (Å²) in [6, 6.07) is 4.95. The molecule has 35 heavy (non-hydrogen) atoms. The summed E-state index contributed by atoms with van der Waals surface area (Å²) in [5.41, 5.74) is 1.78. The second-order valence-electron chi connectivity index (χ2n) is 10.3. The molecule has 0 bridgehead atoms. The van der Waals surface area contributed by atoms with Crippen LogP contribution in [0.5, 0.6) is 5.75 Å². The van der Waals surface area contributed by atoms with Crippen LogP contribution in [0.25, 0.3) is 11.1 Å². The second kappa shape index (κ2) is 11.6. The number of nitrogens with zero attached hydrogens (tertiary/aromatic N) is 4. The summed E-state index contributed by atoms with van der Waals surface area (Å²) < 4.78 is 15.3. The van der Waals surface area contributed by atoms with Crippen molar-refractivity contribution >= 4 is 11.5 Å². The van der Waals surface area contributed by atoms with E-state index in [9.17, 15) is 5.11 Å². The van der Waals surface area contributed by atoms with Gasteiger partial charge in [0.1, 0.15) is 17.8 Å². The van der Waals surface area contributed by atoms with Gasteiger partial charge in [-0.05, 0) is 64.8 Å². The van der Waals surface area contributed by atoms with E-state index in [4.69, 9.17) is 0 Å². The Morgan fingerprint density at radius 2 is 1.91 bits per heavy atom. The van der Waals surface area contributed by atoms with E-state index in [2.05, 4.69) is 60.0 Å². The molecule has 0 amide bonds. The first-order chi connectivity index (χ1) is 16.4. The van der Waals surface area contributed by atoms with Crippen molar-refractivity contribution in [2.45, 2.75) is 84.6 Å². The van der Waals surface area contributed by atoms with E-state index in [1.807, 2.05) is 31.9 Å². The lowest BCUT2D eigenvalue weighted by Crippen LogP contribution is -2.68. The molecular formula is C27H41FN6O. The number of benzene rings is 1. The average Bonchev–Trinajstić information content (AvgIpc) is 3.31. The molecule has 2 unspecified atom stereocenters. The molecule has 2 heterocycles. The quantitative estimate of drug-likeness (QED) is 0.289. The van der Waals surface area contributed by atoms with Crippen molar-refractivity contribution in [2.24, 2.45) is 10.2 Å². The van der Waals surface area contributed by atoms with Crippen molar-refractivity contribution in [2.75, 3.05) is 7.05 Å². The summed E-state index contributed by atoms with van der Waals surface area (Å²) in [6.07, 6.45) is 5.78. The third-order valence-electron chi connectivity index (χ3n) is 6.02. The summed E-state index contributed by atoms with van der Waals surface area (Å²) in [5.74, 6) is 0.647. The number of nitrogens with one attached hydrogen (secondary N) is 2. The number of aromatic nitrogens is 2. The molecule has 3 N–H and O–H groups in total. The van der Waals surface area contributed by atoms with E-state index < -0.39 is 11.7 Å². The van der Waals surface area contributed by atoms with Gasteiger partial charge in [0.15, 0.2) is 0 Å². The second-order valence-corrected chi connectivity index (χ2v) is 10.3. The van der Waals surface area contributed by atoms with Crippen LogP contribution in [0.1, 0.15) is 66.9 Å². The molecule has 1 aliphatic rings. The molecular weight excluding hydrogens is 443 g/mol. The summed E-state index contributed by atoms with van der Waals surface area (Å²) >= 11 is 0. The number of allylic oxidation sites excluding steroid dienone is 1. The van der Waals surface area contributed by atoms with Crippen LogP contribution in [0.15, 0.2) is 53.5 Å². The van der Waals surface area contributed by atoms with E-state index in [-0.39, 0.29) is 17.3 Å². The van der Waals surface area contributed by atoms with Crippen molar-refractivity contribution in [1.82, 2.24) is 20.4 Å². The number of hydrogen-bond acceptors (Lipinski definition) is 5.